The van der Waals surface area contributed by atoms with Crippen molar-refractivity contribution < 1.29 is 13.2 Å². The molecule has 0 spiro atoms. The lowest BCUT2D eigenvalue weighted by molar-refractivity contribution is 0.0946. The van der Waals surface area contributed by atoms with Gasteiger partial charge in [-0.15, -0.1) is 0 Å². The second kappa shape index (κ2) is 8.04. The molecule has 9 heteroatoms. The van der Waals surface area contributed by atoms with Crippen molar-refractivity contribution in [3.63, 3.8) is 0 Å². The summed E-state index contributed by atoms with van der Waals surface area (Å²) in [5, 5.41) is 2.68. The molecule has 1 aromatic heterocycles. The van der Waals surface area contributed by atoms with Gasteiger partial charge in [-0.05, 0) is 17.7 Å². The van der Waals surface area contributed by atoms with Crippen molar-refractivity contribution in [2.75, 3.05) is 18.8 Å². The van der Waals surface area contributed by atoms with Crippen LogP contribution in [0.4, 0.5) is 5.82 Å². The molecule has 1 heterocycles. The summed E-state index contributed by atoms with van der Waals surface area (Å²) < 4.78 is 26.2. The van der Waals surface area contributed by atoms with Gasteiger partial charge in [-0.25, -0.2) is 18.4 Å². The molecule has 0 saturated carbocycles. The van der Waals surface area contributed by atoms with E-state index < -0.39 is 15.9 Å². The monoisotopic (exact) mass is 363 g/mol. The maximum absolute atomic E-state index is 12.4. The number of aromatic nitrogens is 2. The average molecular weight is 363 g/mol. The maximum atomic E-state index is 12.4. The van der Waals surface area contributed by atoms with Crippen molar-refractivity contribution in [3.05, 3.63) is 47.9 Å². The third-order valence-corrected chi connectivity index (χ3v) is 5.73. The summed E-state index contributed by atoms with van der Waals surface area (Å²) in [4.78, 5) is 20.0. The van der Waals surface area contributed by atoms with Gasteiger partial charge in [0.2, 0.25) is 10.0 Å². The van der Waals surface area contributed by atoms with Crippen LogP contribution in [-0.2, 0) is 16.6 Å². The predicted octanol–water partition coefficient (Wildman–Crippen LogP) is 1.02. The van der Waals surface area contributed by atoms with Crippen LogP contribution in [0.2, 0.25) is 0 Å². The van der Waals surface area contributed by atoms with Gasteiger partial charge in [0.15, 0.2) is 11.5 Å². The zero-order valence-electron chi connectivity index (χ0n) is 14.1. The SMILES string of the molecule is CCN(CC)S(=O)(=O)c1ccc(CNC(=O)c2nccnc2N)cc1. The molecular formula is C16H21N5O3S. The smallest absolute Gasteiger partial charge is 0.273 e. The minimum atomic E-state index is -3.49. The topological polar surface area (TPSA) is 118 Å². The number of amides is 1. The van der Waals surface area contributed by atoms with Crippen molar-refractivity contribution >= 4 is 21.7 Å². The van der Waals surface area contributed by atoms with Crippen LogP contribution in [-0.4, -0.2) is 41.7 Å². The number of nitrogens with zero attached hydrogens (tertiary/aromatic N) is 3. The van der Waals surface area contributed by atoms with Crippen molar-refractivity contribution in [2.45, 2.75) is 25.3 Å². The van der Waals surface area contributed by atoms with Crippen LogP contribution in [0.25, 0.3) is 0 Å². The molecule has 134 valence electrons. The van der Waals surface area contributed by atoms with E-state index in [9.17, 15) is 13.2 Å². The lowest BCUT2D eigenvalue weighted by Crippen LogP contribution is -2.30. The van der Waals surface area contributed by atoms with Gasteiger partial charge in [-0.3, -0.25) is 4.79 Å². The summed E-state index contributed by atoms with van der Waals surface area (Å²) in [6.45, 7) is 4.64. The van der Waals surface area contributed by atoms with E-state index in [4.69, 9.17) is 5.73 Å². The predicted molar refractivity (Wildman–Crippen MR) is 94.2 cm³/mol. The molecule has 0 aliphatic carbocycles. The Morgan fingerprint density at radius 2 is 1.72 bits per heavy atom. The summed E-state index contributed by atoms with van der Waals surface area (Å²) in [6, 6.07) is 6.39. The molecule has 0 radical (unpaired) electrons. The fourth-order valence-electron chi connectivity index (χ4n) is 2.28. The molecule has 2 aromatic rings. The third kappa shape index (κ3) is 4.31. The molecule has 0 bridgehead atoms. The molecule has 25 heavy (non-hydrogen) atoms. The van der Waals surface area contributed by atoms with Gasteiger partial charge in [0, 0.05) is 32.0 Å². The van der Waals surface area contributed by atoms with Gasteiger partial charge in [-0.1, -0.05) is 26.0 Å². The van der Waals surface area contributed by atoms with E-state index in [0.29, 0.717) is 13.1 Å². The van der Waals surface area contributed by atoms with E-state index in [0.717, 1.165) is 5.56 Å². The fraction of sp³-hybridized carbons (Fsp3) is 0.312. The second-order valence-electron chi connectivity index (χ2n) is 5.21. The van der Waals surface area contributed by atoms with Gasteiger partial charge < -0.3 is 11.1 Å². The van der Waals surface area contributed by atoms with Crippen LogP contribution in [0.5, 0.6) is 0 Å². The van der Waals surface area contributed by atoms with Gasteiger partial charge in [0.25, 0.3) is 5.91 Å². The Morgan fingerprint density at radius 1 is 1.12 bits per heavy atom. The van der Waals surface area contributed by atoms with E-state index in [2.05, 4.69) is 15.3 Å². The Kier molecular flexibility index (Phi) is 6.05. The number of sulfonamides is 1. The largest absolute Gasteiger partial charge is 0.382 e. The van der Waals surface area contributed by atoms with Crippen molar-refractivity contribution in [3.8, 4) is 0 Å². The molecule has 0 atom stereocenters. The number of nitrogens with two attached hydrogens (primary N) is 1. The normalized spacial score (nSPS) is 11.5. The Hall–Kier alpha value is -2.52. The standard InChI is InChI=1S/C16H21N5O3S/c1-3-21(4-2)25(23,24)13-7-5-12(6-8-13)11-20-16(22)14-15(17)19-10-9-18-14/h5-10H,3-4,11H2,1-2H3,(H2,17,19)(H,20,22). The van der Waals surface area contributed by atoms with Crippen molar-refractivity contribution in [1.82, 2.24) is 19.6 Å². The van der Waals surface area contributed by atoms with E-state index in [-0.39, 0.29) is 23.0 Å². The van der Waals surface area contributed by atoms with Gasteiger partial charge in [-0.2, -0.15) is 4.31 Å². The first kappa shape index (κ1) is 18.8. The molecule has 0 saturated heterocycles. The van der Waals surface area contributed by atoms with Crippen molar-refractivity contribution in [2.24, 2.45) is 0 Å². The summed E-state index contributed by atoms with van der Waals surface area (Å²) in [5.74, 6) is -0.383. The number of nitrogens with one attached hydrogen (secondary N) is 1. The zero-order chi connectivity index (χ0) is 18.4. The molecule has 1 amide bonds. The highest BCUT2D eigenvalue weighted by Gasteiger charge is 2.21. The van der Waals surface area contributed by atoms with Crippen LogP contribution < -0.4 is 11.1 Å². The Labute approximate surface area is 147 Å². The summed E-state index contributed by atoms with van der Waals surface area (Å²) >= 11 is 0. The van der Waals surface area contributed by atoms with E-state index in [1.165, 1.54) is 28.8 Å². The van der Waals surface area contributed by atoms with Gasteiger partial charge in [0.1, 0.15) is 0 Å². The molecule has 3 N–H and O–H groups in total. The first-order chi connectivity index (χ1) is 11.9. The first-order valence-electron chi connectivity index (χ1n) is 7.83. The Balaban J connectivity index is 2.06. The quantitative estimate of drug-likeness (QED) is 0.758. The van der Waals surface area contributed by atoms with Gasteiger partial charge in [0.05, 0.1) is 4.90 Å². The van der Waals surface area contributed by atoms with Crippen LogP contribution in [0.3, 0.4) is 0 Å². The fourth-order valence-corrected chi connectivity index (χ4v) is 3.74. The summed E-state index contributed by atoms with van der Waals surface area (Å²) in [6.07, 6.45) is 2.79. The highest BCUT2D eigenvalue weighted by Crippen LogP contribution is 2.16. The number of benzene rings is 1. The maximum Gasteiger partial charge on any atom is 0.273 e. The molecule has 0 unspecified atom stereocenters. The van der Waals surface area contributed by atoms with Gasteiger partial charge >= 0.3 is 0 Å². The van der Waals surface area contributed by atoms with Crippen LogP contribution in [0, 0.1) is 0 Å². The van der Waals surface area contributed by atoms with Crippen LogP contribution in [0.15, 0.2) is 41.6 Å². The van der Waals surface area contributed by atoms with E-state index in [1.54, 1.807) is 26.0 Å². The minimum Gasteiger partial charge on any atom is -0.382 e. The molecule has 8 nitrogen and oxygen atoms in total. The molecule has 0 fully saturated rings. The summed E-state index contributed by atoms with van der Waals surface area (Å²) in [5.41, 5.74) is 6.42. The zero-order valence-corrected chi connectivity index (χ0v) is 15.0. The average Bonchev–Trinajstić information content (AvgIpc) is 2.61. The van der Waals surface area contributed by atoms with E-state index in [1.807, 2.05) is 0 Å². The lowest BCUT2D eigenvalue weighted by atomic mass is 10.2. The summed E-state index contributed by atoms with van der Waals surface area (Å²) in [7, 11) is -3.49. The second-order valence-corrected chi connectivity index (χ2v) is 7.14. The third-order valence-electron chi connectivity index (χ3n) is 3.66. The molecule has 0 aliphatic heterocycles. The molecule has 0 aliphatic rings. The first-order valence-corrected chi connectivity index (χ1v) is 9.27. The Morgan fingerprint density at radius 3 is 2.28 bits per heavy atom. The number of carbonyl (C=O) groups is 1. The Bertz CT molecular complexity index is 833. The highest BCUT2D eigenvalue weighted by atomic mass is 32.2. The number of anilines is 1. The molecular weight excluding hydrogens is 342 g/mol. The van der Waals surface area contributed by atoms with Crippen LogP contribution in [0.1, 0.15) is 29.9 Å². The van der Waals surface area contributed by atoms with Crippen molar-refractivity contribution in [1.29, 1.82) is 0 Å². The van der Waals surface area contributed by atoms with E-state index >= 15 is 0 Å². The highest BCUT2D eigenvalue weighted by molar-refractivity contribution is 7.89. The minimum absolute atomic E-state index is 0.0562. The number of hydrogen-bond donors (Lipinski definition) is 2. The van der Waals surface area contributed by atoms with Crippen LogP contribution >= 0.6 is 0 Å². The molecule has 2 rings (SSSR count). The number of carbonyl (C=O) groups excluding carboxylic acids is 1. The number of hydrogen-bond acceptors (Lipinski definition) is 6. The molecule has 1 aromatic carbocycles. The lowest BCUT2D eigenvalue weighted by Gasteiger charge is -2.18. The number of rotatable bonds is 7. The number of nitrogen functional groups attached to an aromatic ring is 1.